The Bertz CT molecular complexity index is 737. The van der Waals surface area contributed by atoms with Crippen LogP contribution in [0.4, 0.5) is 0 Å². The van der Waals surface area contributed by atoms with Crippen molar-refractivity contribution >= 4 is 0 Å². The predicted octanol–water partition coefficient (Wildman–Crippen LogP) is 4.18. The number of ether oxygens (including phenoxy) is 3. The van der Waals surface area contributed by atoms with Gasteiger partial charge in [-0.3, -0.25) is 0 Å². The summed E-state index contributed by atoms with van der Waals surface area (Å²) in [5, 5.41) is 19.0. The highest BCUT2D eigenvalue weighted by Crippen LogP contribution is 2.33. The molecule has 0 radical (unpaired) electrons. The third-order valence-corrected chi connectivity index (χ3v) is 5.06. The SMILES string of the molecule is CC(CO)COc1ccc(C(C)(C)c2ccc(OCC(O)COC(C)C)cc2)cc1. The fourth-order valence-corrected chi connectivity index (χ4v) is 2.94. The Kier molecular flexibility index (Phi) is 9.15. The first kappa shape index (κ1) is 24.2. The molecular weight excluding hydrogens is 380 g/mol. The lowest BCUT2D eigenvalue weighted by atomic mass is 9.78. The standard InChI is InChI=1S/C25H36O5/c1-18(2)28-16-22(27)17-30-24-12-8-21(9-13-24)25(4,5)20-6-10-23(11-7-20)29-15-19(3)14-26/h6-13,18-19,22,26-27H,14-17H2,1-5H3. The molecule has 2 N–H and O–H groups in total. The van der Waals surface area contributed by atoms with Crippen LogP contribution in [0.5, 0.6) is 11.5 Å². The first-order valence-electron chi connectivity index (χ1n) is 10.6. The molecule has 0 aromatic heterocycles. The number of rotatable bonds is 12. The third kappa shape index (κ3) is 7.31. The average Bonchev–Trinajstić information content (AvgIpc) is 2.75. The van der Waals surface area contributed by atoms with E-state index in [0.29, 0.717) is 6.61 Å². The zero-order valence-electron chi connectivity index (χ0n) is 18.8. The summed E-state index contributed by atoms with van der Waals surface area (Å²) in [5.74, 6) is 1.64. The molecule has 0 aliphatic carbocycles. The van der Waals surface area contributed by atoms with E-state index in [2.05, 4.69) is 38.1 Å². The van der Waals surface area contributed by atoms with Crippen molar-refractivity contribution in [3.63, 3.8) is 0 Å². The summed E-state index contributed by atoms with van der Waals surface area (Å²) in [6.07, 6.45) is -0.560. The molecule has 166 valence electrons. The third-order valence-electron chi connectivity index (χ3n) is 5.06. The molecule has 30 heavy (non-hydrogen) atoms. The monoisotopic (exact) mass is 416 g/mol. The minimum absolute atomic E-state index is 0.0888. The van der Waals surface area contributed by atoms with Gasteiger partial charge in [0, 0.05) is 17.9 Å². The molecule has 0 spiro atoms. The molecule has 2 rings (SSSR count). The van der Waals surface area contributed by atoms with Crippen LogP contribution >= 0.6 is 0 Å². The second kappa shape index (κ2) is 11.3. The van der Waals surface area contributed by atoms with Crippen LogP contribution < -0.4 is 9.47 Å². The molecule has 5 nitrogen and oxygen atoms in total. The molecule has 0 saturated heterocycles. The van der Waals surface area contributed by atoms with E-state index in [1.54, 1.807) is 0 Å². The zero-order chi connectivity index (χ0) is 22.1. The zero-order valence-corrected chi connectivity index (χ0v) is 18.8. The van der Waals surface area contributed by atoms with E-state index in [9.17, 15) is 5.11 Å². The van der Waals surface area contributed by atoms with Gasteiger partial charge in [-0.15, -0.1) is 0 Å². The van der Waals surface area contributed by atoms with Crippen molar-refractivity contribution in [2.45, 2.75) is 52.2 Å². The van der Waals surface area contributed by atoms with Crippen molar-refractivity contribution in [2.24, 2.45) is 5.92 Å². The Hall–Kier alpha value is -2.08. The van der Waals surface area contributed by atoms with Gasteiger partial charge in [0.2, 0.25) is 0 Å². The summed E-state index contributed by atoms with van der Waals surface area (Å²) in [7, 11) is 0. The van der Waals surface area contributed by atoms with Gasteiger partial charge in [0.05, 0.1) is 19.3 Å². The highest BCUT2D eigenvalue weighted by molar-refractivity contribution is 5.41. The van der Waals surface area contributed by atoms with Crippen LogP contribution in [0.3, 0.4) is 0 Å². The van der Waals surface area contributed by atoms with Crippen LogP contribution in [0.25, 0.3) is 0 Å². The molecule has 2 unspecified atom stereocenters. The topological polar surface area (TPSA) is 68.2 Å². The Morgan fingerprint density at radius 3 is 1.67 bits per heavy atom. The minimum atomic E-state index is -0.649. The Labute approximate surface area is 180 Å². The van der Waals surface area contributed by atoms with E-state index < -0.39 is 6.10 Å². The fourth-order valence-electron chi connectivity index (χ4n) is 2.94. The van der Waals surface area contributed by atoms with E-state index in [0.717, 1.165) is 11.5 Å². The lowest BCUT2D eigenvalue weighted by molar-refractivity contribution is -0.0122. The van der Waals surface area contributed by atoms with E-state index in [1.165, 1.54) is 11.1 Å². The van der Waals surface area contributed by atoms with Gasteiger partial charge in [-0.2, -0.15) is 0 Å². The quantitative estimate of drug-likeness (QED) is 0.543. The van der Waals surface area contributed by atoms with Crippen LogP contribution in [0.2, 0.25) is 0 Å². The van der Waals surface area contributed by atoms with Crippen LogP contribution in [0, 0.1) is 5.92 Å². The van der Waals surface area contributed by atoms with E-state index >= 15 is 0 Å². The predicted molar refractivity (Wildman–Crippen MR) is 119 cm³/mol. The second-order valence-electron chi connectivity index (χ2n) is 8.62. The van der Waals surface area contributed by atoms with Gasteiger partial charge in [-0.1, -0.05) is 45.0 Å². The second-order valence-corrected chi connectivity index (χ2v) is 8.62. The number of aliphatic hydroxyl groups excluding tert-OH is 2. The molecule has 0 fully saturated rings. The number of hydrogen-bond donors (Lipinski definition) is 2. The van der Waals surface area contributed by atoms with Gasteiger partial charge < -0.3 is 24.4 Å². The minimum Gasteiger partial charge on any atom is -0.493 e. The molecule has 2 aromatic carbocycles. The normalized spacial score (nSPS) is 13.9. The molecular formula is C25H36O5. The molecule has 0 bridgehead atoms. The van der Waals surface area contributed by atoms with Gasteiger partial charge in [0.25, 0.3) is 0 Å². The van der Waals surface area contributed by atoms with Crippen molar-refractivity contribution in [1.29, 1.82) is 0 Å². The van der Waals surface area contributed by atoms with Crippen molar-refractivity contribution in [3.8, 4) is 11.5 Å². The maximum Gasteiger partial charge on any atom is 0.119 e. The Balaban J connectivity index is 1.95. The van der Waals surface area contributed by atoms with Crippen LogP contribution in [-0.4, -0.2) is 48.8 Å². The number of benzene rings is 2. The van der Waals surface area contributed by atoms with Crippen LogP contribution in [0.15, 0.2) is 48.5 Å². The molecule has 0 aliphatic rings. The largest absolute Gasteiger partial charge is 0.493 e. The summed E-state index contributed by atoms with van der Waals surface area (Å²) in [6, 6.07) is 16.1. The molecule has 2 atom stereocenters. The average molecular weight is 417 g/mol. The fraction of sp³-hybridized carbons (Fsp3) is 0.520. The summed E-state index contributed by atoms with van der Waals surface area (Å²) in [4.78, 5) is 0. The van der Waals surface area contributed by atoms with E-state index in [4.69, 9.17) is 19.3 Å². The first-order chi connectivity index (χ1) is 14.2. The Morgan fingerprint density at radius 1 is 0.767 bits per heavy atom. The van der Waals surface area contributed by atoms with E-state index in [1.807, 2.05) is 45.0 Å². The van der Waals surface area contributed by atoms with Crippen molar-refractivity contribution in [2.75, 3.05) is 26.4 Å². The van der Waals surface area contributed by atoms with Crippen molar-refractivity contribution in [3.05, 3.63) is 59.7 Å². The molecule has 0 saturated carbocycles. The van der Waals surface area contributed by atoms with E-state index in [-0.39, 0.29) is 37.3 Å². The van der Waals surface area contributed by atoms with Crippen LogP contribution in [0.1, 0.15) is 45.7 Å². The lowest BCUT2D eigenvalue weighted by Crippen LogP contribution is -2.25. The van der Waals surface area contributed by atoms with Crippen LogP contribution in [-0.2, 0) is 10.2 Å². The molecule has 5 heteroatoms. The maximum absolute atomic E-state index is 9.92. The molecule has 0 amide bonds. The summed E-state index contributed by atoms with van der Waals surface area (Å²) in [6.45, 7) is 11.3. The lowest BCUT2D eigenvalue weighted by Gasteiger charge is -2.26. The smallest absolute Gasteiger partial charge is 0.119 e. The van der Waals surface area contributed by atoms with Gasteiger partial charge in [0.15, 0.2) is 0 Å². The molecule has 2 aromatic rings. The molecule has 0 aliphatic heterocycles. The number of aliphatic hydroxyl groups is 2. The van der Waals surface area contributed by atoms with Gasteiger partial charge in [0.1, 0.15) is 24.2 Å². The Morgan fingerprint density at radius 2 is 1.23 bits per heavy atom. The highest BCUT2D eigenvalue weighted by atomic mass is 16.5. The van der Waals surface area contributed by atoms with Gasteiger partial charge in [-0.25, -0.2) is 0 Å². The first-order valence-corrected chi connectivity index (χ1v) is 10.6. The van der Waals surface area contributed by atoms with Crippen molar-refractivity contribution < 1.29 is 24.4 Å². The van der Waals surface area contributed by atoms with Gasteiger partial charge in [-0.05, 0) is 49.2 Å². The summed E-state index contributed by atoms with van der Waals surface area (Å²) >= 11 is 0. The molecule has 0 heterocycles. The maximum atomic E-state index is 9.92. The van der Waals surface area contributed by atoms with Gasteiger partial charge >= 0.3 is 0 Å². The number of hydrogen-bond acceptors (Lipinski definition) is 5. The summed E-state index contributed by atoms with van der Waals surface area (Å²) in [5.41, 5.74) is 2.17. The summed E-state index contributed by atoms with van der Waals surface area (Å²) < 4.78 is 16.8. The van der Waals surface area contributed by atoms with Crippen molar-refractivity contribution in [1.82, 2.24) is 0 Å². The highest BCUT2D eigenvalue weighted by Gasteiger charge is 2.23.